The van der Waals surface area contributed by atoms with Crippen LogP contribution in [0.25, 0.3) is 0 Å². The van der Waals surface area contributed by atoms with E-state index in [1.54, 1.807) is 7.11 Å². The van der Waals surface area contributed by atoms with E-state index in [1.807, 2.05) is 18.2 Å². The fourth-order valence-electron chi connectivity index (χ4n) is 1.63. The summed E-state index contributed by atoms with van der Waals surface area (Å²) in [5.74, 6) is 1.12. The van der Waals surface area contributed by atoms with Crippen LogP contribution in [-0.2, 0) is 15.5 Å². The molecular weight excluding hydrogens is 260 g/mol. The first-order valence-electron chi connectivity index (χ1n) is 5.42. The van der Waals surface area contributed by atoms with E-state index in [1.165, 1.54) is 0 Å². The largest absolute Gasteiger partial charge is 0.496 e. The number of hydrogen-bond donors (Lipinski definition) is 0. The maximum Gasteiger partial charge on any atom is 0.232 e. The number of rotatable bonds is 5. The van der Waals surface area contributed by atoms with Crippen molar-refractivity contribution in [3.05, 3.63) is 29.3 Å². The van der Waals surface area contributed by atoms with E-state index in [4.69, 9.17) is 15.4 Å². The van der Waals surface area contributed by atoms with Gasteiger partial charge in [-0.2, -0.15) is 0 Å². The normalized spacial score (nSPS) is 11.8. The molecule has 0 saturated heterocycles. The first-order valence-corrected chi connectivity index (χ1v) is 7.90. The van der Waals surface area contributed by atoms with E-state index in [9.17, 15) is 8.42 Å². The topological polar surface area (TPSA) is 43.4 Å². The molecule has 0 fully saturated rings. The smallest absolute Gasteiger partial charge is 0.232 e. The SMILES string of the molecule is COc1ccc(CCS(=O)(=O)Cl)cc1C(C)C. The minimum atomic E-state index is -3.43. The lowest BCUT2D eigenvalue weighted by atomic mass is 9.99. The number of aryl methyl sites for hydroxylation is 1. The number of methoxy groups -OCH3 is 1. The summed E-state index contributed by atoms with van der Waals surface area (Å²) in [6, 6.07) is 5.71. The van der Waals surface area contributed by atoms with Crippen LogP contribution < -0.4 is 4.74 Å². The first kappa shape index (κ1) is 14.3. The second-order valence-electron chi connectivity index (χ2n) is 4.22. The van der Waals surface area contributed by atoms with E-state index < -0.39 is 9.05 Å². The van der Waals surface area contributed by atoms with E-state index in [0.29, 0.717) is 12.3 Å². The maximum atomic E-state index is 10.9. The summed E-state index contributed by atoms with van der Waals surface area (Å²) in [5, 5.41) is 0. The quantitative estimate of drug-likeness (QED) is 0.777. The Morgan fingerprint density at radius 3 is 2.47 bits per heavy atom. The van der Waals surface area contributed by atoms with Gasteiger partial charge in [-0.3, -0.25) is 0 Å². The lowest BCUT2D eigenvalue weighted by Crippen LogP contribution is -2.02. The third kappa shape index (κ3) is 4.56. The minimum Gasteiger partial charge on any atom is -0.496 e. The summed E-state index contributed by atoms with van der Waals surface area (Å²) in [7, 11) is 3.39. The van der Waals surface area contributed by atoms with Crippen LogP contribution in [0.4, 0.5) is 0 Å². The number of ether oxygens (including phenoxy) is 1. The Balaban J connectivity index is 2.92. The Kier molecular flexibility index (Phi) is 4.83. The Labute approximate surface area is 107 Å². The van der Waals surface area contributed by atoms with Crippen molar-refractivity contribution in [1.82, 2.24) is 0 Å². The summed E-state index contributed by atoms with van der Waals surface area (Å²) in [6.45, 7) is 4.14. The van der Waals surface area contributed by atoms with E-state index in [-0.39, 0.29) is 5.75 Å². The highest BCUT2D eigenvalue weighted by molar-refractivity contribution is 8.13. The molecule has 0 radical (unpaired) electrons. The van der Waals surface area contributed by atoms with Crippen LogP contribution in [0.2, 0.25) is 0 Å². The van der Waals surface area contributed by atoms with Crippen LogP contribution in [0.5, 0.6) is 5.75 Å². The van der Waals surface area contributed by atoms with Gasteiger partial charge in [0.2, 0.25) is 9.05 Å². The van der Waals surface area contributed by atoms with Gasteiger partial charge >= 0.3 is 0 Å². The third-order valence-corrected chi connectivity index (χ3v) is 3.71. The number of hydrogen-bond acceptors (Lipinski definition) is 3. The summed E-state index contributed by atoms with van der Waals surface area (Å²) in [4.78, 5) is 0. The highest BCUT2D eigenvalue weighted by atomic mass is 35.7. The highest BCUT2D eigenvalue weighted by Crippen LogP contribution is 2.27. The van der Waals surface area contributed by atoms with Crippen LogP contribution in [-0.4, -0.2) is 21.3 Å². The van der Waals surface area contributed by atoms with Crippen LogP contribution in [0, 0.1) is 0 Å². The lowest BCUT2D eigenvalue weighted by molar-refractivity contribution is 0.407. The van der Waals surface area contributed by atoms with E-state index in [0.717, 1.165) is 16.9 Å². The molecular formula is C12H17ClO3S. The van der Waals surface area contributed by atoms with Gasteiger partial charge < -0.3 is 4.74 Å². The highest BCUT2D eigenvalue weighted by Gasteiger charge is 2.10. The molecule has 0 spiro atoms. The van der Waals surface area contributed by atoms with Crippen molar-refractivity contribution in [3.8, 4) is 5.75 Å². The van der Waals surface area contributed by atoms with Gasteiger partial charge in [-0.1, -0.05) is 26.0 Å². The Morgan fingerprint density at radius 1 is 1.35 bits per heavy atom. The molecule has 0 aliphatic carbocycles. The average Bonchev–Trinajstić information content (AvgIpc) is 2.25. The average molecular weight is 277 g/mol. The second kappa shape index (κ2) is 5.74. The van der Waals surface area contributed by atoms with Crippen LogP contribution >= 0.6 is 10.7 Å². The number of halogens is 1. The standard InChI is InChI=1S/C12H17ClO3S/c1-9(2)11-8-10(4-5-12(11)16-3)6-7-17(13,14)15/h4-5,8-9H,6-7H2,1-3H3. The predicted molar refractivity (Wildman–Crippen MR) is 70.4 cm³/mol. The summed E-state index contributed by atoms with van der Waals surface area (Å²) >= 11 is 0. The molecule has 96 valence electrons. The van der Waals surface area contributed by atoms with Crippen molar-refractivity contribution in [2.24, 2.45) is 0 Å². The molecule has 0 N–H and O–H groups in total. The van der Waals surface area contributed by atoms with Gasteiger partial charge in [0, 0.05) is 10.7 Å². The van der Waals surface area contributed by atoms with Gasteiger partial charge in [0.15, 0.2) is 0 Å². The zero-order valence-electron chi connectivity index (χ0n) is 10.2. The van der Waals surface area contributed by atoms with Crippen molar-refractivity contribution in [3.63, 3.8) is 0 Å². The molecule has 1 rings (SSSR count). The molecule has 0 aliphatic heterocycles. The second-order valence-corrected chi connectivity index (χ2v) is 7.12. The molecule has 0 amide bonds. The maximum absolute atomic E-state index is 10.9. The van der Waals surface area contributed by atoms with Gasteiger partial charge in [0.25, 0.3) is 0 Å². The summed E-state index contributed by atoms with van der Waals surface area (Å²) < 4.78 is 27.0. The van der Waals surface area contributed by atoms with Crippen molar-refractivity contribution in [1.29, 1.82) is 0 Å². The van der Waals surface area contributed by atoms with Crippen LogP contribution in [0.3, 0.4) is 0 Å². The molecule has 0 unspecified atom stereocenters. The molecule has 17 heavy (non-hydrogen) atoms. The first-order chi connectivity index (χ1) is 7.83. The fourth-order valence-corrected chi connectivity index (χ4v) is 2.34. The predicted octanol–water partition coefficient (Wildman–Crippen LogP) is 2.93. The van der Waals surface area contributed by atoms with Gasteiger partial charge in [-0.25, -0.2) is 8.42 Å². The van der Waals surface area contributed by atoms with Gasteiger partial charge in [-0.15, -0.1) is 0 Å². The number of benzene rings is 1. The Hall–Kier alpha value is -0.740. The Bertz CT molecular complexity index is 481. The van der Waals surface area contributed by atoms with Gasteiger partial charge in [0.1, 0.15) is 5.75 Å². The molecule has 0 heterocycles. The molecule has 0 saturated carbocycles. The monoisotopic (exact) mass is 276 g/mol. The van der Waals surface area contributed by atoms with Gasteiger partial charge in [-0.05, 0) is 29.5 Å². The lowest BCUT2D eigenvalue weighted by Gasteiger charge is -2.13. The molecule has 0 atom stereocenters. The third-order valence-electron chi connectivity index (χ3n) is 2.55. The minimum absolute atomic E-state index is 0.0432. The fraction of sp³-hybridized carbons (Fsp3) is 0.500. The summed E-state index contributed by atoms with van der Waals surface area (Å²) in [5.41, 5.74) is 2.04. The molecule has 5 heteroatoms. The van der Waals surface area contributed by atoms with E-state index >= 15 is 0 Å². The molecule has 1 aromatic carbocycles. The van der Waals surface area contributed by atoms with Gasteiger partial charge in [0.05, 0.1) is 12.9 Å². The van der Waals surface area contributed by atoms with Crippen molar-refractivity contribution in [2.75, 3.05) is 12.9 Å². The molecule has 0 aromatic heterocycles. The zero-order chi connectivity index (χ0) is 13.1. The van der Waals surface area contributed by atoms with Crippen molar-refractivity contribution in [2.45, 2.75) is 26.2 Å². The Morgan fingerprint density at radius 2 is 2.00 bits per heavy atom. The summed E-state index contributed by atoms with van der Waals surface area (Å²) in [6.07, 6.45) is 0.426. The van der Waals surface area contributed by atoms with Crippen LogP contribution in [0.15, 0.2) is 18.2 Å². The molecule has 0 aliphatic rings. The van der Waals surface area contributed by atoms with E-state index in [2.05, 4.69) is 13.8 Å². The van der Waals surface area contributed by atoms with Crippen molar-refractivity contribution >= 4 is 19.7 Å². The van der Waals surface area contributed by atoms with Crippen LogP contribution in [0.1, 0.15) is 30.9 Å². The molecule has 3 nitrogen and oxygen atoms in total. The molecule has 0 bridgehead atoms. The zero-order valence-corrected chi connectivity index (χ0v) is 11.8. The van der Waals surface area contributed by atoms with Crippen molar-refractivity contribution < 1.29 is 13.2 Å². The molecule has 1 aromatic rings.